The van der Waals surface area contributed by atoms with Crippen molar-refractivity contribution < 1.29 is 0 Å². The smallest absolute Gasteiger partial charge is 0.157 e. The molecule has 0 unspecified atom stereocenters. The van der Waals surface area contributed by atoms with Gasteiger partial charge >= 0.3 is 0 Å². The van der Waals surface area contributed by atoms with Gasteiger partial charge in [-0.05, 0) is 27.9 Å². The van der Waals surface area contributed by atoms with Crippen LogP contribution >= 0.6 is 39.0 Å². The van der Waals surface area contributed by atoms with Crippen molar-refractivity contribution in [3.8, 4) is 0 Å². The molecule has 1 aromatic rings. The van der Waals surface area contributed by atoms with Gasteiger partial charge in [-0.25, -0.2) is 0 Å². The van der Waals surface area contributed by atoms with E-state index in [9.17, 15) is 0 Å². The molecule has 88 valence electrons. The molecule has 1 fully saturated rings. The van der Waals surface area contributed by atoms with Gasteiger partial charge in [-0.1, -0.05) is 25.6 Å². The Kier molecular flexibility index (Phi) is 4.33. The van der Waals surface area contributed by atoms with E-state index < -0.39 is 0 Å². The number of amidine groups is 1. The summed E-state index contributed by atoms with van der Waals surface area (Å²) < 4.78 is 1.15. The monoisotopic (exact) mass is 318 g/mol. The van der Waals surface area contributed by atoms with Crippen molar-refractivity contribution in [3.63, 3.8) is 0 Å². The van der Waals surface area contributed by atoms with Crippen LogP contribution in [-0.4, -0.2) is 17.0 Å². The summed E-state index contributed by atoms with van der Waals surface area (Å²) >= 11 is 7.04. The fourth-order valence-corrected chi connectivity index (χ4v) is 4.02. The number of thioether (sulfide) groups is 1. The zero-order valence-electron chi connectivity index (χ0n) is 9.37. The Morgan fingerprint density at radius 2 is 2.44 bits per heavy atom. The molecule has 1 aliphatic rings. The molecule has 1 atom stereocenters. The Labute approximate surface area is 113 Å². The van der Waals surface area contributed by atoms with Crippen molar-refractivity contribution in [1.29, 1.82) is 0 Å². The Balaban J connectivity index is 1.90. The van der Waals surface area contributed by atoms with Crippen molar-refractivity contribution in [2.75, 3.05) is 5.75 Å². The summed E-state index contributed by atoms with van der Waals surface area (Å²) in [4.78, 5) is 5.90. The first-order valence-corrected chi connectivity index (χ1v) is 7.97. The minimum absolute atomic E-state index is 0.582. The third-order valence-corrected chi connectivity index (χ3v) is 5.24. The number of hydrogen-bond acceptors (Lipinski definition) is 3. The third kappa shape index (κ3) is 3.25. The van der Waals surface area contributed by atoms with Crippen LogP contribution in [-0.2, 0) is 6.54 Å². The van der Waals surface area contributed by atoms with Crippen molar-refractivity contribution in [1.82, 2.24) is 5.32 Å². The normalized spacial score (nSPS) is 23.0. The van der Waals surface area contributed by atoms with E-state index in [4.69, 9.17) is 0 Å². The lowest BCUT2D eigenvalue weighted by molar-refractivity contribution is 0.503. The summed E-state index contributed by atoms with van der Waals surface area (Å²) in [5, 5.41) is 6.67. The average Bonchev–Trinajstić information content (AvgIpc) is 2.83. The molecule has 2 heterocycles. The quantitative estimate of drug-likeness (QED) is 0.918. The molecule has 1 saturated heterocycles. The molecule has 1 aromatic heterocycles. The molecule has 0 amide bonds. The number of aliphatic imine (C=N–C) groups is 1. The second-order valence-corrected chi connectivity index (χ2v) is 7.08. The Bertz CT molecular complexity index is 387. The fraction of sp³-hybridized carbons (Fsp3) is 0.545. The van der Waals surface area contributed by atoms with E-state index in [0.29, 0.717) is 12.0 Å². The number of nitrogens with zero attached hydrogens (tertiary/aromatic N) is 1. The summed E-state index contributed by atoms with van der Waals surface area (Å²) in [6.45, 7) is 5.28. The maximum Gasteiger partial charge on any atom is 0.157 e. The van der Waals surface area contributed by atoms with E-state index in [1.165, 1.54) is 4.88 Å². The van der Waals surface area contributed by atoms with Crippen LogP contribution in [0.3, 0.4) is 0 Å². The summed E-state index contributed by atoms with van der Waals surface area (Å²) in [5.41, 5.74) is 0. The zero-order valence-corrected chi connectivity index (χ0v) is 12.6. The molecule has 0 aromatic carbocycles. The summed E-state index contributed by atoms with van der Waals surface area (Å²) in [6, 6.07) is 2.72. The van der Waals surface area contributed by atoms with E-state index in [2.05, 4.69) is 51.5 Å². The van der Waals surface area contributed by atoms with Gasteiger partial charge in [-0.3, -0.25) is 4.99 Å². The number of hydrogen-bond donors (Lipinski definition) is 1. The average molecular weight is 319 g/mol. The first-order chi connectivity index (χ1) is 7.65. The first-order valence-electron chi connectivity index (χ1n) is 5.32. The van der Waals surface area contributed by atoms with Gasteiger partial charge in [0.05, 0.1) is 6.54 Å². The summed E-state index contributed by atoms with van der Waals surface area (Å²) in [7, 11) is 0. The molecule has 0 aliphatic carbocycles. The molecular weight excluding hydrogens is 304 g/mol. The van der Waals surface area contributed by atoms with Gasteiger partial charge in [0.1, 0.15) is 0 Å². The SMILES string of the molecule is CC(C)[C@H]1CSC(=NCc2cc(Br)cs2)N1. The molecular formula is C11H15BrN2S2. The predicted molar refractivity (Wildman–Crippen MR) is 77.4 cm³/mol. The lowest BCUT2D eigenvalue weighted by atomic mass is 10.1. The molecule has 0 radical (unpaired) electrons. The molecule has 5 heteroatoms. The maximum absolute atomic E-state index is 4.60. The van der Waals surface area contributed by atoms with Crippen LogP contribution in [0.1, 0.15) is 18.7 Å². The van der Waals surface area contributed by atoms with Crippen LogP contribution in [0.4, 0.5) is 0 Å². The highest BCUT2D eigenvalue weighted by Crippen LogP contribution is 2.22. The summed E-state index contributed by atoms with van der Waals surface area (Å²) in [5.74, 6) is 1.82. The van der Waals surface area contributed by atoms with Crippen LogP contribution in [0.15, 0.2) is 20.9 Å². The molecule has 0 spiro atoms. The van der Waals surface area contributed by atoms with Gasteiger partial charge in [-0.15, -0.1) is 11.3 Å². The molecule has 2 nitrogen and oxygen atoms in total. The number of rotatable bonds is 3. The number of halogens is 1. The van der Waals surface area contributed by atoms with E-state index in [0.717, 1.165) is 21.9 Å². The van der Waals surface area contributed by atoms with Gasteiger partial charge in [0.15, 0.2) is 5.17 Å². The van der Waals surface area contributed by atoms with Crippen LogP contribution in [0.2, 0.25) is 0 Å². The lowest BCUT2D eigenvalue weighted by Gasteiger charge is -2.12. The second-order valence-electron chi connectivity index (χ2n) is 4.16. The highest BCUT2D eigenvalue weighted by molar-refractivity contribution is 9.10. The highest BCUT2D eigenvalue weighted by atomic mass is 79.9. The van der Waals surface area contributed by atoms with Gasteiger partial charge < -0.3 is 5.32 Å². The highest BCUT2D eigenvalue weighted by Gasteiger charge is 2.22. The number of thiophene rings is 1. The number of nitrogens with one attached hydrogen (secondary N) is 1. The first kappa shape index (κ1) is 12.5. The fourth-order valence-electron chi connectivity index (χ4n) is 1.45. The van der Waals surface area contributed by atoms with E-state index in [1.54, 1.807) is 11.3 Å². The molecule has 2 rings (SSSR count). The zero-order chi connectivity index (χ0) is 11.5. The molecule has 1 aliphatic heterocycles. The van der Waals surface area contributed by atoms with Gasteiger partial charge in [-0.2, -0.15) is 0 Å². The Morgan fingerprint density at radius 3 is 3.00 bits per heavy atom. The van der Waals surface area contributed by atoms with E-state index >= 15 is 0 Å². The minimum atomic E-state index is 0.582. The van der Waals surface area contributed by atoms with E-state index in [1.807, 2.05) is 11.8 Å². The molecule has 0 saturated carbocycles. The standard InChI is InChI=1S/C11H15BrN2S2/c1-7(2)10-6-16-11(14-10)13-4-9-3-8(12)5-15-9/h3,5,7,10H,4,6H2,1-2H3,(H,13,14)/t10-/m1/s1. The molecule has 1 N–H and O–H groups in total. The Morgan fingerprint density at radius 1 is 1.62 bits per heavy atom. The third-order valence-electron chi connectivity index (χ3n) is 2.51. The maximum atomic E-state index is 4.60. The summed E-state index contributed by atoms with van der Waals surface area (Å²) in [6.07, 6.45) is 0. The topological polar surface area (TPSA) is 24.4 Å². The molecule has 0 bridgehead atoms. The second kappa shape index (κ2) is 5.56. The van der Waals surface area contributed by atoms with Gasteiger partial charge in [0.25, 0.3) is 0 Å². The predicted octanol–water partition coefficient (Wildman–Crippen LogP) is 3.73. The van der Waals surface area contributed by atoms with Crippen LogP contribution in [0.5, 0.6) is 0 Å². The van der Waals surface area contributed by atoms with Crippen LogP contribution in [0.25, 0.3) is 0 Å². The minimum Gasteiger partial charge on any atom is -0.361 e. The lowest BCUT2D eigenvalue weighted by Crippen LogP contribution is -2.31. The molecule has 16 heavy (non-hydrogen) atoms. The Hall–Kier alpha value is -0.0000000000000000833. The van der Waals surface area contributed by atoms with Crippen molar-refractivity contribution >= 4 is 44.2 Å². The van der Waals surface area contributed by atoms with Gasteiger partial charge in [0.2, 0.25) is 0 Å². The van der Waals surface area contributed by atoms with Crippen LogP contribution in [0, 0.1) is 5.92 Å². The van der Waals surface area contributed by atoms with Crippen LogP contribution < -0.4 is 5.32 Å². The van der Waals surface area contributed by atoms with Gasteiger partial charge in [0, 0.05) is 26.5 Å². The van der Waals surface area contributed by atoms with Crippen molar-refractivity contribution in [2.45, 2.75) is 26.4 Å². The van der Waals surface area contributed by atoms with E-state index in [-0.39, 0.29) is 0 Å². The largest absolute Gasteiger partial charge is 0.361 e. The van der Waals surface area contributed by atoms with Crippen molar-refractivity contribution in [2.24, 2.45) is 10.9 Å². The van der Waals surface area contributed by atoms with Crippen molar-refractivity contribution in [3.05, 3.63) is 20.8 Å².